The van der Waals surface area contributed by atoms with Gasteiger partial charge in [0.15, 0.2) is 0 Å². The molecular weight excluding hydrogens is 321 g/mol. The molecule has 0 aliphatic heterocycles. The minimum atomic E-state index is -0.659. The van der Waals surface area contributed by atoms with E-state index < -0.39 is 11.7 Å². The number of aliphatic hydroxyl groups is 1. The molecule has 0 bridgehead atoms. The first kappa shape index (κ1) is 16.0. The minimum Gasteiger partial charge on any atom is -0.393 e. The van der Waals surface area contributed by atoms with Crippen LogP contribution in [0.2, 0.25) is 5.02 Å². The summed E-state index contributed by atoms with van der Waals surface area (Å²) in [4.78, 5) is 12.4. The molecule has 1 amide bonds. The van der Waals surface area contributed by atoms with Gasteiger partial charge in [0.2, 0.25) is 0 Å². The zero-order chi connectivity index (χ0) is 16.6. The van der Waals surface area contributed by atoms with Crippen LogP contribution in [0, 0.1) is 11.7 Å². The molecule has 0 spiro atoms. The SMILES string of the molecule is Cn1cc(C(NC(=O)c2ccc(Cl)cc2F)C2CC(O)C2)cn1. The van der Waals surface area contributed by atoms with Crippen molar-refractivity contribution in [3.8, 4) is 0 Å². The van der Waals surface area contributed by atoms with Gasteiger partial charge in [-0.3, -0.25) is 9.48 Å². The first-order chi connectivity index (χ1) is 10.9. The molecule has 1 saturated carbocycles. The standard InChI is InChI=1S/C16H17ClFN3O2/c1-21-8-10(7-19-21)15(9-4-12(22)5-9)20-16(23)13-3-2-11(17)6-14(13)18/h2-3,6-9,12,15,22H,4-5H2,1H3,(H,20,23). The number of aryl methyl sites for hydroxylation is 1. The monoisotopic (exact) mass is 337 g/mol. The van der Waals surface area contributed by atoms with Gasteiger partial charge in [0.05, 0.1) is 23.9 Å². The molecule has 5 nitrogen and oxygen atoms in total. The number of aromatic nitrogens is 2. The average molecular weight is 338 g/mol. The Bertz CT molecular complexity index is 728. The molecule has 0 radical (unpaired) electrons. The van der Waals surface area contributed by atoms with Crippen molar-refractivity contribution in [2.24, 2.45) is 13.0 Å². The van der Waals surface area contributed by atoms with Crippen molar-refractivity contribution in [1.82, 2.24) is 15.1 Å². The maximum atomic E-state index is 13.9. The lowest BCUT2D eigenvalue weighted by molar-refractivity contribution is 0.0234. The lowest BCUT2D eigenvalue weighted by atomic mass is 9.75. The van der Waals surface area contributed by atoms with Gasteiger partial charge in [0, 0.05) is 23.8 Å². The molecule has 1 aromatic carbocycles. The highest BCUT2D eigenvalue weighted by molar-refractivity contribution is 6.30. The van der Waals surface area contributed by atoms with Gasteiger partial charge in [-0.15, -0.1) is 0 Å². The largest absolute Gasteiger partial charge is 0.393 e. The number of rotatable bonds is 4. The van der Waals surface area contributed by atoms with Crippen molar-refractivity contribution in [2.45, 2.75) is 25.0 Å². The Morgan fingerprint density at radius 1 is 1.52 bits per heavy atom. The van der Waals surface area contributed by atoms with Gasteiger partial charge in [-0.25, -0.2) is 4.39 Å². The van der Waals surface area contributed by atoms with E-state index in [1.807, 2.05) is 6.20 Å². The molecule has 1 atom stereocenters. The number of nitrogens with zero attached hydrogens (tertiary/aromatic N) is 2. The van der Waals surface area contributed by atoms with Crippen molar-refractivity contribution in [3.63, 3.8) is 0 Å². The van der Waals surface area contributed by atoms with Gasteiger partial charge in [-0.05, 0) is 37.0 Å². The smallest absolute Gasteiger partial charge is 0.254 e. The summed E-state index contributed by atoms with van der Waals surface area (Å²) in [5.41, 5.74) is 0.787. The van der Waals surface area contributed by atoms with E-state index in [2.05, 4.69) is 10.4 Å². The highest BCUT2D eigenvalue weighted by Gasteiger charge is 2.36. The number of hydrogen-bond acceptors (Lipinski definition) is 3. The first-order valence-electron chi connectivity index (χ1n) is 7.36. The zero-order valence-electron chi connectivity index (χ0n) is 12.5. The molecule has 1 fully saturated rings. The lowest BCUT2D eigenvalue weighted by Crippen LogP contribution is -2.41. The number of amides is 1. The van der Waals surface area contributed by atoms with Crippen LogP contribution in [0.25, 0.3) is 0 Å². The Kier molecular flexibility index (Phi) is 4.37. The molecule has 0 saturated heterocycles. The molecule has 2 N–H and O–H groups in total. The van der Waals surface area contributed by atoms with E-state index in [0.29, 0.717) is 12.8 Å². The van der Waals surface area contributed by atoms with E-state index in [0.717, 1.165) is 11.6 Å². The molecule has 1 aliphatic carbocycles. The number of nitrogens with one attached hydrogen (secondary N) is 1. The molecule has 3 rings (SSSR count). The maximum Gasteiger partial charge on any atom is 0.254 e. The normalized spacial score (nSPS) is 21.6. The van der Waals surface area contributed by atoms with Gasteiger partial charge in [-0.2, -0.15) is 5.10 Å². The number of aliphatic hydroxyl groups excluding tert-OH is 1. The van der Waals surface area contributed by atoms with Crippen molar-refractivity contribution < 1.29 is 14.3 Å². The van der Waals surface area contributed by atoms with Crippen LogP contribution in [0.4, 0.5) is 4.39 Å². The fourth-order valence-corrected chi connectivity index (χ4v) is 3.03. The summed E-state index contributed by atoms with van der Waals surface area (Å²) < 4.78 is 15.6. The third-order valence-corrected chi connectivity index (χ3v) is 4.40. The first-order valence-corrected chi connectivity index (χ1v) is 7.74. The highest BCUT2D eigenvalue weighted by atomic mass is 35.5. The summed E-state index contributed by atoms with van der Waals surface area (Å²) in [6.07, 6.45) is 4.34. The number of carbonyl (C=O) groups excluding carboxylic acids is 1. The minimum absolute atomic E-state index is 0.0526. The van der Waals surface area contributed by atoms with E-state index in [4.69, 9.17) is 11.6 Å². The third-order valence-electron chi connectivity index (χ3n) is 4.17. The number of halogens is 2. The van der Waals surface area contributed by atoms with Crippen LogP contribution in [0.3, 0.4) is 0 Å². The number of hydrogen-bond donors (Lipinski definition) is 2. The molecule has 1 unspecified atom stereocenters. The van der Waals surface area contributed by atoms with Crippen molar-refractivity contribution >= 4 is 17.5 Å². The van der Waals surface area contributed by atoms with E-state index in [1.165, 1.54) is 12.1 Å². The molecule has 23 heavy (non-hydrogen) atoms. The molecule has 2 aromatic rings. The summed E-state index contributed by atoms with van der Waals surface area (Å²) >= 11 is 5.71. The summed E-state index contributed by atoms with van der Waals surface area (Å²) in [5, 5.41) is 16.8. The van der Waals surface area contributed by atoms with E-state index in [9.17, 15) is 14.3 Å². The Labute approximate surface area is 138 Å². The summed E-state index contributed by atoms with van der Waals surface area (Å²) in [6.45, 7) is 0. The van der Waals surface area contributed by atoms with E-state index >= 15 is 0 Å². The van der Waals surface area contributed by atoms with Gasteiger partial charge >= 0.3 is 0 Å². The van der Waals surface area contributed by atoms with Gasteiger partial charge in [0.25, 0.3) is 5.91 Å². The molecular formula is C16H17ClFN3O2. The predicted molar refractivity (Wildman–Crippen MR) is 83.6 cm³/mol. The Balaban J connectivity index is 1.81. The van der Waals surface area contributed by atoms with Crippen LogP contribution in [0.1, 0.15) is 34.8 Å². The van der Waals surface area contributed by atoms with Crippen molar-refractivity contribution in [3.05, 3.63) is 52.6 Å². The van der Waals surface area contributed by atoms with Crippen LogP contribution in [0.5, 0.6) is 0 Å². The zero-order valence-corrected chi connectivity index (χ0v) is 13.3. The molecule has 122 valence electrons. The van der Waals surface area contributed by atoms with Gasteiger partial charge in [-0.1, -0.05) is 11.6 Å². The van der Waals surface area contributed by atoms with Crippen LogP contribution >= 0.6 is 11.6 Å². The number of benzene rings is 1. The summed E-state index contributed by atoms with van der Waals surface area (Å²) in [5.74, 6) is -1.06. The second-order valence-electron chi connectivity index (χ2n) is 5.91. The summed E-state index contributed by atoms with van der Waals surface area (Å²) in [7, 11) is 1.79. The topological polar surface area (TPSA) is 67.2 Å². The summed E-state index contributed by atoms with van der Waals surface area (Å²) in [6, 6.07) is 3.65. The third kappa shape index (κ3) is 3.38. The lowest BCUT2D eigenvalue weighted by Gasteiger charge is -2.37. The molecule has 1 aliphatic rings. The van der Waals surface area contributed by atoms with Crippen LogP contribution in [0.15, 0.2) is 30.6 Å². The number of carbonyl (C=O) groups is 1. The fourth-order valence-electron chi connectivity index (χ4n) is 2.87. The van der Waals surface area contributed by atoms with Crippen LogP contribution in [-0.2, 0) is 7.05 Å². The fraction of sp³-hybridized carbons (Fsp3) is 0.375. The highest BCUT2D eigenvalue weighted by Crippen LogP contribution is 2.38. The van der Waals surface area contributed by atoms with Crippen LogP contribution < -0.4 is 5.32 Å². The van der Waals surface area contributed by atoms with Gasteiger partial charge < -0.3 is 10.4 Å². The van der Waals surface area contributed by atoms with Crippen LogP contribution in [-0.4, -0.2) is 26.9 Å². The molecule has 7 heteroatoms. The quantitative estimate of drug-likeness (QED) is 0.900. The van der Waals surface area contributed by atoms with Gasteiger partial charge in [0.1, 0.15) is 5.82 Å². The average Bonchev–Trinajstić information content (AvgIpc) is 2.88. The van der Waals surface area contributed by atoms with E-state index in [-0.39, 0.29) is 28.6 Å². The van der Waals surface area contributed by atoms with Crippen molar-refractivity contribution in [1.29, 1.82) is 0 Å². The molecule has 1 aromatic heterocycles. The Hall–Kier alpha value is -1.92. The predicted octanol–water partition coefficient (Wildman–Crippen LogP) is 2.45. The molecule has 1 heterocycles. The second-order valence-corrected chi connectivity index (χ2v) is 6.34. The van der Waals surface area contributed by atoms with Crippen molar-refractivity contribution in [2.75, 3.05) is 0 Å². The Morgan fingerprint density at radius 2 is 2.26 bits per heavy atom. The second kappa shape index (κ2) is 6.29. The maximum absolute atomic E-state index is 13.9. The van der Waals surface area contributed by atoms with E-state index in [1.54, 1.807) is 17.9 Å². The Morgan fingerprint density at radius 3 is 2.83 bits per heavy atom.